The second kappa shape index (κ2) is 7.37. The van der Waals surface area contributed by atoms with Crippen molar-refractivity contribution in [2.75, 3.05) is 24.7 Å². The van der Waals surface area contributed by atoms with Crippen LogP contribution in [0.15, 0.2) is 60.8 Å². The fourth-order valence-corrected chi connectivity index (χ4v) is 4.52. The lowest BCUT2D eigenvalue weighted by Gasteiger charge is -2.26. The maximum absolute atomic E-state index is 13.2. The molecule has 0 spiro atoms. The van der Waals surface area contributed by atoms with E-state index < -0.39 is 0 Å². The van der Waals surface area contributed by atoms with E-state index in [1.807, 2.05) is 58.1 Å². The second-order valence-electron chi connectivity index (χ2n) is 7.78. The molecule has 29 heavy (non-hydrogen) atoms. The number of amides is 2. The van der Waals surface area contributed by atoms with Gasteiger partial charge in [0.1, 0.15) is 13.2 Å². The van der Waals surface area contributed by atoms with E-state index in [0.29, 0.717) is 19.7 Å². The van der Waals surface area contributed by atoms with Gasteiger partial charge in [-0.05, 0) is 35.6 Å². The van der Waals surface area contributed by atoms with E-state index in [2.05, 4.69) is 17.4 Å². The van der Waals surface area contributed by atoms with E-state index >= 15 is 0 Å². The molecular weight excluding hydrogens is 366 g/mol. The highest BCUT2D eigenvalue weighted by Gasteiger charge is 2.34. The number of ether oxygens (including phenoxy) is 1. The SMILES string of the molecule is O=C1COCC(CC2CN(C(=O)Cn3ccc4ccccc43)c3ccccc32)N1. The third-order valence-electron chi connectivity index (χ3n) is 5.84. The first-order valence-electron chi connectivity index (χ1n) is 9.99. The van der Waals surface area contributed by atoms with Gasteiger partial charge in [0, 0.05) is 29.9 Å². The van der Waals surface area contributed by atoms with Gasteiger partial charge in [0.15, 0.2) is 0 Å². The largest absolute Gasteiger partial charge is 0.370 e. The molecule has 2 aromatic carbocycles. The number of nitrogens with one attached hydrogen (secondary N) is 1. The molecule has 0 saturated carbocycles. The van der Waals surface area contributed by atoms with Crippen molar-refractivity contribution in [2.24, 2.45) is 0 Å². The molecule has 0 bridgehead atoms. The predicted molar refractivity (Wildman–Crippen MR) is 111 cm³/mol. The van der Waals surface area contributed by atoms with Gasteiger partial charge in [-0.15, -0.1) is 0 Å². The van der Waals surface area contributed by atoms with Crippen molar-refractivity contribution in [3.05, 3.63) is 66.4 Å². The summed E-state index contributed by atoms with van der Waals surface area (Å²) in [7, 11) is 0. The molecule has 6 heteroatoms. The Labute approximate surface area is 169 Å². The summed E-state index contributed by atoms with van der Waals surface area (Å²) in [5.74, 6) is 0.189. The van der Waals surface area contributed by atoms with Crippen molar-refractivity contribution in [3.63, 3.8) is 0 Å². The maximum Gasteiger partial charge on any atom is 0.246 e. The van der Waals surface area contributed by atoms with E-state index in [1.165, 1.54) is 0 Å². The molecule has 2 aliphatic heterocycles. The Bertz CT molecular complexity index is 1070. The van der Waals surface area contributed by atoms with Crippen LogP contribution in [0, 0.1) is 0 Å². The molecule has 0 aliphatic carbocycles. The summed E-state index contributed by atoms with van der Waals surface area (Å²) in [6.07, 6.45) is 2.73. The van der Waals surface area contributed by atoms with Crippen LogP contribution in [0.2, 0.25) is 0 Å². The first kappa shape index (κ1) is 17.9. The molecule has 6 nitrogen and oxygen atoms in total. The van der Waals surface area contributed by atoms with Gasteiger partial charge in [0.25, 0.3) is 0 Å². The molecule has 1 saturated heterocycles. The minimum atomic E-state index is -0.0695. The molecule has 1 aromatic heterocycles. The molecule has 3 aromatic rings. The zero-order chi connectivity index (χ0) is 19.8. The Morgan fingerprint density at radius 2 is 1.93 bits per heavy atom. The smallest absolute Gasteiger partial charge is 0.246 e. The lowest BCUT2D eigenvalue weighted by atomic mass is 9.94. The van der Waals surface area contributed by atoms with Crippen LogP contribution in [-0.4, -0.2) is 42.2 Å². The lowest BCUT2D eigenvalue weighted by Crippen LogP contribution is -2.46. The molecule has 148 valence electrons. The van der Waals surface area contributed by atoms with E-state index in [9.17, 15) is 9.59 Å². The number of fused-ring (bicyclic) bond motifs is 2. The number of hydrogen-bond donors (Lipinski definition) is 1. The summed E-state index contributed by atoms with van der Waals surface area (Å²) in [5, 5.41) is 4.14. The number of morpholine rings is 1. The van der Waals surface area contributed by atoms with Crippen molar-refractivity contribution < 1.29 is 14.3 Å². The number of anilines is 1. The molecule has 2 atom stereocenters. The molecule has 1 N–H and O–H groups in total. The van der Waals surface area contributed by atoms with Crippen molar-refractivity contribution in [3.8, 4) is 0 Å². The molecule has 3 heterocycles. The Hall–Kier alpha value is -3.12. The molecule has 2 amide bonds. The van der Waals surface area contributed by atoms with Crippen LogP contribution in [-0.2, 0) is 20.9 Å². The predicted octanol–water partition coefficient (Wildman–Crippen LogP) is 2.68. The van der Waals surface area contributed by atoms with Crippen LogP contribution in [0.5, 0.6) is 0 Å². The number of carbonyl (C=O) groups is 2. The number of para-hydroxylation sites is 2. The number of carbonyl (C=O) groups excluding carboxylic acids is 2. The Morgan fingerprint density at radius 1 is 1.10 bits per heavy atom. The van der Waals surface area contributed by atoms with Gasteiger partial charge in [-0.25, -0.2) is 0 Å². The van der Waals surface area contributed by atoms with Gasteiger partial charge in [-0.2, -0.15) is 0 Å². The molecular formula is C23H23N3O3. The van der Waals surface area contributed by atoms with Crippen molar-refractivity contribution in [1.82, 2.24) is 9.88 Å². The molecule has 1 fully saturated rings. The topological polar surface area (TPSA) is 63.6 Å². The van der Waals surface area contributed by atoms with Crippen LogP contribution < -0.4 is 10.2 Å². The Morgan fingerprint density at radius 3 is 2.83 bits per heavy atom. The van der Waals surface area contributed by atoms with Gasteiger partial charge in [0.05, 0.1) is 12.6 Å². The summed E-state index contributed by atoms with van der Waals surface area (Å²) in [6, 6.07) is 18.2. The van der Waals surface area contributed by atoms with Crippen molar-refractivity contribution in [2.45, 2.75) is 24.9 Å². The minimum absolute atomic E-state index is 0.0160. The number of benzene rings is 2. The minimum Gasteiger partial charge on any atom is -0.370 e. The normalized spacial score (nSPS) is 21.2. The van der Waals surface area contributed by atoms with Gasteiger partial charge < -0.3 is 19.5 Å². The quantitative estimate of drug-likeness (QED) is 0.746. The first-order chi connectivity index (χ1) is 14.2. The van der Waals surface area contributed by atoms with Gasteiger partial charge in [-0.3, -0.25) is 9.59 Å². The molecule has 2 unspecified atom stereocenters. The first-order valence-corrected chi connectivity index (χ1v) is 9.99. The van der Waals surface area contributed by atoms with Gasteiger partial charge >= 0.3 is 0 Å². The highest BCUT2D eigenvalue weighted by molar-refractivity contribution is 5.96. The maximum atomic E-state index is 13.2. The third-order valence-corrected chi connectivity index (χ3v) is 5.84. The van der Waals surface area contributed by atoms with Crippen LogP contribution >= 0.6 is 0 Å². The van der Waals surface area contributed by atoms with E-state index in [1.54, 1.807) is 0 Å². The van der Waals surface area contributed by atoms with Crippen LogP contribution in [0.3, 0.4) is 0 Å². The van der Waals surface area contributed by atoms with E-state index in [4.69, 9.17) is 4.74 Å². The number of nitrogens with zero attached hydrogens (tertiary/aromatic N) is 2. The zero-order valence-corrected chi connectivity index (χ0v) is 16.1. The molecule has 5 rings (SSSR count). The monoisotopic (exact) mass is 389 g/mol. The summed E-state index contributed by atoms with van der Waals surface area (Å²) in [5.41, 5.74) is 3.20. The number of rotatable bonds is 4. The van der Waals surface area contributed by atoms with Crippen LogP contribution in [0.4, 0.5) is 5.69 Å². The highest BCUT2D eigenvalue weighted by atomic mass is 16.5. The Kier molecular flexibility index (Phi) is 4.56. The second-order valence-corrected chi connectivity index (χ2v) is 7.78. The molecule has 2 aliphatic rings. The summed E-state index contributed by atoms with van der Waals surface area (Å²) in [4.78, 5) is 26.8. The fraction of sp³-hybridized carbons (Fsp3) is 0.304. The van der Waals surface area contributed by atoms with E-state index in [0.717, 1.165) is 28.6 Å². The van der Waals surface area contributed by atoms with Crippen LogP contribution in [0.25, 0.3) is 10.9 Å². The van der Waals surface area contributed by atoms with Gasteiger partial charge in [0.2, 0.25) is 11.8 Å². The van der Waals surface area contributed by atoms with Crippen molar-refractivity contribution in [1.29, 1.82) is 0 Å². The third kappa shape index (κ3) is 3.40. The van der Waals surface area contributed by atoms with Gasteiger partial charge in [-0.1, -0.05) is 36.4 Å². The number of aromatic nitrogens is 1. The zero-order valence-electron chi connectivity index (χ0n) is 16.1. The van der Waals surface area contributed by atoms with E-state index in [-0.39, 0.29) is 30.4 Å². The number of hydrogen-bond acceptors (Lipinski definition) is 3. The van der Waals surface area contributed by atoms with Crippen LogP contribution in [0.1, 0.15) is 17.9 Å². The fourth-order valence-electron chi connectivity index (χ4n) is 4.52. The average molecular weight is 389 g/mol. The summed E-state index contributed by atoms with van der Waals surface area (Å²) >= 11 is 0. The van der Waals surface area contributed by atoms with Crippen molar-refractivity contribution >= 4 is 28.4 Å². The summed E-state index contributed by atoms with van der Waals surface area (Å²) in [6.45, 7) is 1.59. The highest BCUT2D eigenvalue weighted by Crippen LogP contribution is 2.39. The standard InChI is InChI=1S/C23H23N3O3/c27-22-15-29-14-18(24-22)11-17-12-26(21-8-4-2-6-19(17)21)23(28)13-25-10-9-16-5-1-3-7-20(16)25/h1-10,17-18H,11-15H2,(H,24,27). The molecule has 0 radical (unpaired) electrons. The average Bonchev–Trinajstić information content (AvgIpc) is 3.30. The Balaban J connectivity index is 1.36. The lowest BCUT2D eigenvalue weighted by molar-refractivity contribution is -0.131. The summed E-state index contributed by atoms with van der Waals surface area (Å²) < 4.78 is 7.38.